The summed E-state index contributed by atoms with van der Waals surface area (Å²) in [6.45, 7) is 0. The first-order valence-electron chi connectivity index (χ1n) is 18.5. The molecule has 0 saturated carbocycles. The Labute approximate surface area is 324 Å². The van der Waals surface area contributed by atoms with Crippen molar-refractivity contribution in [2.24, 2.45) is 0 Å². The highest BCUT2D eigenvalue weighted by Crippen LogP contribution is 2.36. The highest BCUT2D eigenvalue weighted by Gasteiger charge is 2.17. The van der Waals surface area contributed by atoms with Crippen LogP contribution < -0.4 is 0 Å². The standard InChI is InChI=1S/C50H32N6/c1-5-15-33(16-6-1)41-29-30-44(43-24-14-13-23-42(41)43)50-55-47(36-21-11-4-12-22-36)54-49(56-50)40-28-26-37-31-39(27-25-38(37)32-40)48-52-45(34-17-7-2-8-18-34)51-46(53-48)35-19-9-3-10-20-35/h1-32H. The first kappa shape index (κ1) is 32.9. The maximum Gasteiger partial charge on any atom is 0.164 e. The van der Waals surface area contributed by atoms with E-state index < -0.39 is 0 Å². The van der Waals surface area contributed by atoms with Gasteiger partial charge in [0, 0.05) is 33.4 Å². The van der Waals surface area contributed by atoms with E-state index in [1.807, 2.05) is 97.1 Å². The minimum absolute atomic E-state index is 0.605. The summed E-state index contributed by atoms with van der Waals surface area (Å²) in [5, 5.41) is 4.33. The molecule has 0 saturated heterocycles. The average molecular weight is 717 g/mol. The molecular weight excluding hydrogens is 685 g/mol. The second kappa shape index (κ2) is 14.3. The summed E-state index contributed by atoms with van der Waals surface area (Å²) in [5.41, 5.74) is 7.89. The molecule has 8 aromatic carbocycles. The number of hydrogen-bond acceptors (Lipinski definition) is 6. The van der Waals surface area contributed by atoms with Crippen LogP contribution in [0.1, 0.15) is 0 Å². The molecule has 0 amide bonds. The third kappa shape index (κ3) is 6.35. The van der Waals surface area contributed by atoms with Crippen molar-refractivity contribution in [2.45, 2.75) is 0 Å². The van der Waals surface area contributed by atoms with Crippen LogP contribution in [0, 0.1) is 0 Å². The number of aromatic nitrogens is 6. The first-order chi connectivity index (χ1) is 27.7. The summed E-state index contributed by atoms with van der Waals surface area (Å²) < 4.78 is 0. The van der Waals surface area contributed by atoms with E-state index in [0.29, 0.717) is 34.9 Å². The minimum Gasteiger partial charge on any atom is -0.208 e. The molecule has 2 heterocycles. The van der Waals surface area contributed by atoms with Gasteiger partial charge < -0.3 is 0 Å². The van der Waals surface area contributed by atoms with E-state index in [-0.39, 0.29) is 0 Å². The zero-order chi connectivity index (χ0) is 37.3. The quantitative estimate of drug-likeness (QED) is 0.163. The largest absolute Gasteiger partial charge is 0.208 e. The van der Waals surface area contributed by atoms with Gasteiger partial charge in [0.25, 0.3) is 0 Å². The number of nitrogens with zero attached hydrogens (tertiary/aromatic N) is 6. The number of rotatable bonds is 7. The second-order valence-corrected chi connectivity index (χ2v) is 13.6. The molecule has 0 N–H and O–H groups in total. The van der Waals surface area contributed by atoms with E-state index in [1.165, 1.54) is 11.1 Å². The minimum atomic E-state index is 0.605. The Morgan fingerprint density at radius 1 is 0.214 bits per heavy atom. The van der Waals surface area contributed by atoms with Crippen molar-refractivity contribution in [3.05, 3.63) is 194 Å². The highest BCUT2D eigenvalue weighted by atomic mass is 15.0. The molecule has 0 atom stereocenters. The molecule has 0 fully saturated rings. The van der Waals surface area contributed by atoms with Gasteiger partial charge in [0.15, 0.2) is 34.9 Å². The van der Waals surface area contributed by atoms with Crippen molar-refractivity contribution in [2.75, 3.05) is 0 Å². The monoisotopic (exact) mass is 716 g/mol. The van der Waals surface area contributed by atoms with Gasteiger partial charge in [-0.05, 0) is 50.9 Å². The number of benzene rings is 8. The Hall–Kier alpha value is -7.70. The molecule has 56 heavy (non-hydrogen) atoms. The SMILES string of the molecule is c1ccc(-c2nc(-c3ccccc3)nc(-c3ccc4cc(-c5nc(-c6ccccc6)nc(-c6ccc(-c7ccccc7)c7ccccc67)n5)ccc4c3)n2)cc1. The van der Waals surface area contributed by atoms with E-state index in [2.05, 4.69) is 97.1 Å². The van der Waals surface area contributed by atoms with Crippen molar-refractivity contribution in [3.63, 3.8) is 0 Å². The van der Waals surface area contributed by atoms with Crippen LogP contribution in [0.2, 0.25) is 0 Å². The van der Waals surface area contributed by atoms with Crippen molar-refractivity contribution in [3.8, 4) is 79.5 Å². The second-order valence-electron chi connectivity index (χ2n) is 13.6. The summed E-state index contributed by atoms with van der Waals surface area (Å²) in [7, 11) is 0. The van der Waals surface area contributed by atoms with E-state index in [1.54, 1.807) is 0 Å². The van der Waals surface area contributed by atoms with E-state index >= 15 is 0 Å². The lowest BCUT2D eigenvalue weighted by molar-refractivity contribution is 1.07. The van der Waals surface area contributed by atoms with Gasteiger partial charge in [-0.15, -0.1) is 0 Å². The average Bonchev–Trinajstić information content (AvgIpc) is 3.29. The van der Waals surface area contributed by atoms with Gasteiger partial charge in [-0.2, -0.15) is 0 Å². The van der Waals surface area contributed by atoms with Crippen LogP contribution in [0.15, 0.2) is 194 Å². The van der Waals surface area contributed by atoms with Crippen LogP contribution in [0.25, 0.3) is 101 Å². The Kier molecular flexibility index (Phi) is 8.39. The van der Waals surface area contributed by atoms with Gasteiger partial charge in [0.1, 0.15) is 0 Å². The van der Waals surface area contributed by atoms with Crippen LogP contribution in [0.5, 0.6) is 0 Å². The smallest absolute Gasteiger partial charge is 0.164 e. The molecule has 10 aromatic rings. The third-order valence-electron chi connectivity index (χ3n) is 9.97. The Balaban J connectivity index is 1.08. The molecule has 0 aliphatic carbocycles. The Morgan fingerprint density at radius 3 is 0.964 bits per heavy atom. The predicted molar refractivity (Wildman–Crippen MR) is 226 cm³/mol. The van der Waals surface area contributed by atoms with Crippen molar-refractivity contribution in [1.82, 2.24) is 29.9 Å². The van der Waals surface area contributed by atoms with Crippen LogP contribution in [-0.2, 0) is 0 Å². The van der Waals surface area contributed by atoms with Gasteiger partial charge in [-0.1, -0.05) is 176 Å². The maximum absolute atomic E-state index is 5.15. The summed E-state index contributed by atoms with van der Waals surface area (Å²) in [6.07, 6.45) is 0. The van der Waals surface area contributed by atoms with Crippen molar-refractivity contribution in [1.29, 1.82) is 0 Å². The molecule has 6 heteroatoms. The highest BCUT2D eigenvalue weighted by molar-refractivity contribution is 6.04. The molecule has 2 aromatic heterocycles. The summed E-state index contributed by atoms with van der Waals surface area (Å²) >= 11 is 0. The fourth-order valence-corrected chi connectivity index (χ4v) is 7.17. The third-order valence-corrected chi connectivity index (χ3v) is 9.97. The zero-order valence-electron chi connectivity index (χ0n) is 30.2. The van der Waals surface area contributed by atoms with Gasteiger partial charge in [-0.25, -0.2) is 29.9 Å². The van der Waals surface area contributed by atoms with Crippen LogP contribution in [0.3, 0.4) is 0 Å². The Bertz CT molecular complexity index is 2950. The summed E-state index contributed by atoms with van der Waals surface area (Å²) in [4.78, 5) is 30.0. The molecule has 0 radical (unpaired) electrons. The lowest BCUT2D eigenvalue weighted by atomic mass is 9.94. The van der Waals surface area contributed by atoms with E-state index in [4.69, 9.17) is 29.9 Å². The number of fused-ring (bicyclic) bond motifs is 2. The molecule has 262 valence electrons. The lowest BCUT2D eigenvalue weighted by Gasteiger charge is -2.13. The lowest BCUT2D eigenvalue weighted by Crippen LogP contribution is -2.01. The van der Waals surface area contributed by atoms with Gasteiger partial charge in [0.2, 0.25) is 0 Å². The molecule has 0 spiro atoms. The molecule has 10 rings (SSSR count). The van der Waals surface area contributed by atoms with Gasteiger partial charge in [0.05, 0.1) is 0 Å². The maximum atomic E-state index is 5.15. The number of hydrogen-bond donors (Lipinski definition) is 0. The molecular formula is C50H32N6. The molecule has 0 aliphatic heterocycles. The van der Waals surface area contributed by atoms with E-state index in [0.717, 1.165) is 54.9 Å². The molecule has 0 unspecified atom stereocenters. The topological polar surface area (TPSA) is 77.3 Å². The van der Waals surface area contributed by atoms with Crippen LogP contribution in [-0.4, -0.2) is 29.9 Å². The van der Waals surface area contributed by atoms with Gasteiger partial charge >= 0.3 is 0 Å². The summed E-state index contributed by atoms with van der Waals surface area (Å²) in [6, 6.07) is 66.0. The van der Waals surface area contributed by atoms with Crippen molar-refractivity contribution < 1.29 is 0 Å². The van der Waals surface area contributed by atoms with Crippen LogP contribution >= 0.6 is 0 Å². The first-order valence-corrected chi connectivity index (χ1v) is 18.5. The summed E-state index contributed by atoms with van der Waals surface area (Å²) in [5.74, 6) is 3.73. The van der Waals surface area contributed by atoms with Gasteiger partial charge in [-0.3, -0.25) is 0 Å². The fraction of sp³-hybridized carbons (Fsp3) is 0. The fourth-order valence-electron chi connectivity index (χ4n) is 7.17. The Morgan fingerprint density at radius 2 is 0.536 bits per heavy atom. The zero-order valence-corrected chi connectivity index (χ0v) is 30.2. The predicted octanol–water partition coefficient (Wildman–Crippen LogP) is 12.0. The molecule has 6 nitrogen and oxygen atoms in total. The molecule has 0 aliphatic rings. The molecule has 0 bridgehead atoms. The van der Waals surface area contributed by atoms with Crippen LogP contribution in [0.4, 0.5) is 0 Å². The van der Waals surface area contributed by atoms with Crippen molar-refractivity contribution >= 4 is 21.5 Å². The normalized spacial score (nSPS) is 11.2. The van der Waals surface area contributed by atoms with E-state index in [9.17, 15) is 0 Å².